The van der Waals surface area contributed by atoms with E-state index in [0.29, 0.717) is 12.2 Å². The molecule has 1 heterocycles. The van der Waals surface area contributed by atoms with E-state index in [1.165, 1.54) is 135 Å². The maximum Gasteiger partial charge on any atom is 0.0547 e. The summed E-state index contributed by atoms with van der Waals surface area (Å²) in [5.74, 6) is 1.69. The third kappa shape index (κ3) is 21.0. The Bertz CT molecular complexity index is 386. The van der Waals surface area contributed by atoms with Crippen LogP contribution in [0.25, 0.3) is 0 Å². The molecule has 3 atom stereocenters. The minimum absolute atomic E-state index is 0.383. The van der Waals surface area contributed by atoms with E-state index in [0.717, 1.165) is 25.0 Å². The molecule has 0 aromatic rings. The normalized spacial score (nSPS) is 19.9. The van der Waals surface area contributed by atoms with Crippen molar-refractivity contribution >= 4 is 0 Å². The molecular weight excluding hydrogens is 404 g/mol. The Morgan fingerprint density at radius 1 is 0.636 bits per heavy atom. The summed E-state index contributed by atoms with van der Waals surface area (Å²) < 4.78 is 11.5. The van der Waals surface area contributed by atoms with Crippen molar-refractivity contribution in [3.8, 4) is 0 Å². The van der Waals surface area contributed by atoms with E-state index in [1.54, 1.807) is 0 Å². The standard InChI is InChI=1S/C31H62O2/c1-28(2)32-26-25-29(3)21-19-17-15-13-11-9-7-5-6-8-10-12-14-16-18-20-22-31-24-23-30(4)33-27-31/h28-31H,5-27H2,1-4H3. The first-order chi connectivity index (χ1) is 16.1. The molecule has 0 bridgehead atoms. The van der Waals surface area contributed by atoms with E-state index >= 15 is 0 Å². The predicted octanol–water partition coefficient (Wildman–Crippen LogP) is 10.3. The summed E-state index contributed by atoms with van der Waals surface area (Å²) in [7, 11) is 0. The molecule has 1 aliphatic rings. The minimum Gasteiger partial charge on any atom is -0.379 e. The van der Waals surface area contributed by atoms with Gasteiger partial charge in [0.1, 0.15) is 0 Å². The SMILES string of the molecule is CC(CCCCCCCCCCCCCCCCCCC1CCC(C)OC1)CCOC(C)C. The maximum atomic E-state index is 5.79. The van der Waals surface area contributed by atoms with Crippen LogP contribution in [0, 0.1) is 11.8 Å². The Hall–Kier alpha value is -0.0800. The number of hydrogen-bond donors (Lipinski definition) is 0. The average molecular weight is 467 g/mol. The van der Waals surface area contributed by atoms with E-state index in [4.69, 9.17) is 9.47 Å². The van der Waals surface area contributed by atoms with E-state index in [1.807, 2.05) is 0 Å². The van der Waals surface area contributed by atoms with Gasteiger partial charge < -0.3 is 9.47 Å². The third-order valence-electron chi connectivity index (χ3n) is 7.72. The van der Waals surface area contributed by atoms with E-state index < -0.39 is 0 Å². The van der Waals surface area contributed by atoms with Crippen molar-refractivity contribution in [1.29, 1.82) is 0 Å². The van der Waals surface area contributed by atoms with Crippen molar-refractivity contribution in [2.45, 2.75) is 175 Å². The van der Waals surface area contributed by atoms with Gasteiger partial charge in [0.15, 0.2) is 0 Å². The van der Waals surface area contributed by atoms with Gasteiger partial charge in [-0.15, -0.1) is 0 Å². The molecule has 0 saturated carbocycles. The molecule has 198 valence electrons. The van der Waals surface area contributed by atoms with Crippen LogP contribution in [-0.4, -0.2) is 25.4 Å². The molecule has 2 heteroatoms. The topological polar surface area (TPSA) is 18.5 Å². The van der Waals surface area contributed by atoms with Crippen molar-refractivity contribution in [3.63, 3.8) is 0 Å². The third-order valence-corrected chi connectivity index (χ3v) is 7.72. The van der Waals surface area contributed by atoms with Gasteiger partial charge >= 0.3 is 0 Å². The van der Waals surface area contributed by atoms with Gasteiger partial charge in [-0.1, -0.05) is 116 Å². The van der Waals surface area contributed by atoms with E-state index in [-0.39, 0.29) is 0 Å². The molecule has 33 heavy (non-hydrogen) atoms. The molecule has 0 spiro atoms. The Kier molecular flexibility index (Phi) is 21.0. The second-order valence-corrected chi connectivity index (χ2v) is 11.6. The maximum absolute atomic E-state index is 5.79. The van der Waals surface area contributed by atoms with Crippen LogP contribution < -0.4 is 0 Å². The molecular formula is C31H62O2. The summed E-state index contributed by atoms with van der Waals surface area (Å²) >= 11 is 0. The first kappa shape index (κ1) is 31.0. The van der Waals surface area contributed by atoms with Crippen molar-refractivity contribution < 1.29 is 9.47 Å². The van der Waals surface area contributed by atoms with Crippen LogP contribution in [0.3, 0.4) is 0 Å². The van der Waals surface area contributed by atoms with Crippen molar-refractivity contribution in [2.75, 3.05) is 13.2 Å². The summed E-state index contributed by atoms with van der Waals surface area (Å²) in [5.41, 5.74) is 0. The largest absolute Gasteiger partial charge is 0.379 e. The van der Waals surface area contributed by atoms with Gasteiger partial charge in [-0.05, 0) is 58.3 Å². The van der Waals surface area contributed by atoms with Crippen LogP contribution in [0.2, 0.25) is 0 Å². The monoisotopic (exact) mass is 466 g/mol. The molecule has 1 aliphatic heterocycles. The van der Waals surface area contributed by atoms with Gasteiger partial charge in [0.25, 0.3) is 0 Å². The lowest BCUT2D eigenvalue weighted by molar-refractivity contribution is -0.00768. The molecule has 0 aliphatic carbocycles. The highest BCUT2D eigenvalue weighted by Gasteiger charge is 2.17. The second-order valence-electron chi connectivity index (χ2n) is 11.6. The Morgan fingerprint density at radius 2 is 1.12 bits per heavy atom. The van der Waals surface area contributed by atoms with Crippen LogP contribution in [0.1, 0.15) is 163 Å². The highest BCUT2D eigenvalue weighted by Crippen LogP contribution is 2.24. The molecule has 0 amide bonds. The molecule has 0 aromatic carbocycles. The fourth-order valence-corrected chi connectivity index (χ4v) is 5.22. The Labute approximate surface area is 209 Å². The number of unbranched alkanes of at least 4 members (excludes halogenated alkanes) is 15. The van der Waals surface area contributed by atoms with Crippen LogP contribution in [0.5, 0.6) is 0 Å². The zero-order chi connectivity index (χ0) is 24.0. The molecule has 0 N–H and O–H groups in total. The van der Waals surface area contributed by atoms with E-state index in [2.05, 4.69) is 27.7 Å². The summed E-state index contributed by atoms with van der Waals surface area (Å²) in [6.07, 6.45) is 30.9. The molecule has 1 rings (SSSR count). The van der Waals surface area contributed by atoms with Gasteiger partial charge in [-0.2, -0.15) is 0 Å². The fraction of sp³-hybridized carbons (Fsp3) is 1.00. The van der Waals surface area contributed by atoms with Gasteiger partial charge in [0, 0.05) is 13.2 Å². The predicted molar refractivity (Wildman–Crippen MR) is 146 cm³/mol. The molecule has 3 unspecified atom stereocenters. The lowest BCUT2D eigenvalue weighted by atomic mass is 9.93. The second kappa shape index (κ2) is 22.4. The number of ether oxygens (including phenoxy) is 2. The van der Waals surface area contributed by atoms with Gasteiger partial charge in [-0.25, -0.2) is 0 Å². The highest BCUT2D eigenvalue weighted by atomic mass is 16.5. The van der Waals surface area contributed by atoms with Gasteiger partial charge in [0.2, 0.25) is 0 Å². The first-order valence-electron chi connectivity index (χ1n) is 15.3. The average Bonchev–Trinajstić information content (AvgIpc) is 2.79. The van der Waals surface area contributed by atoms with Gasteiger partial charge in [0.05, 0.1) is 12.2 Å². The lowest BCUT2D eigenvalue weighted by Gasteiger charge is -2.26. The smallest absolute Gasteiger partial charge is 0.0547 e. The zero-order valence-corrected chi connectivity index (χ0v) is 23.4. The van der Waals surface area contributed by atoms with Crippen molar-refractivity contribution in [1.82, 2.24) is 0 Å². The van der Waals surface area contributed by atoms with Crippen LogP contribution >= 0.6 is 0 Å². The Balaban J connectivity index is 1.68. The molecule has 1 saturated heterocycles. The van der Waals surface area contributed by atoms with Crippen molar-refractivity contribution in [2.24, 2.45) is 11.8 Å². The molecule has 1 fully saturated rings. The molecule has 0 radical (unpaired) electrons. The first-order valence-corrected chi connectivity index (χ1v) is 15.3. The number of hydrogen-bond acceptors (Lipinski definition) is 2. The molecule has 2 nitrogen and oxygen atoms in total. The van der Waals surface area contributed by atoms with Crippen LogP contribution in [0.4, 0.5) is 0 Å². The summed E-state index contributed by atoms with van der Waals surface area (Å²) in [4.78, 5) is 0. The van der Waals surface area contributed by atoms with Gasteiger partial charge in [-0.3, -0.25) is 0 Å². The lowest BCUT2D eigenvalue weighted by Crippen LogP contribution is -2.23. The Morgan fingerprint density at radius 3 is 1.58 bits per heavy atom. The zero-order valence-electron chi connectivity index (χ0n) is 23.4. The van der Waals surface area contributed by atoms with E-state index in [9.17, 15) is 0 Å². The summed E-state index contributed by atoms with van der Waals surface area (Å²) in [6.45, 7) is 10.8. The van der Waals surface area contributed by atoms with Crippen molar-refractivity contribution in [3.05, 3.63) is 0 Å². The summed E-state index contributed by atoms with van der Waals surface area (Å²) in [5, 5.41) is 0. The fourth-order valence-electron chi connectivity index (χ4n) is 5.22. The summed E-state index contributed by atoms with van der Waals surface area (Å²) in [6, 6.07) is 0. The minimum atomic E-state index is 0.383. The molecule has 0 aromatic heterocycles. The quantitative estimate of drug-likeness (QED) is 0.139. The van der Waals surface area contributed by atoms with Crippen LogP contribution in [-0.2, 0) is 9.47 Å². The van der Waals surface area contributed by atoms with Crippen LogP contribution in [0.15, 0.2) is 0 Å². The number of rotatable bonds is 23. The highest BCUT2D eigenvalue weighted by molar-refractivity contribution is 4.67.